The van der Waals surface area contributed by atoms with Crippen LogP contribution in [0, 0.1) is 0 Å². The van der Waals surface area contributed by atoms with Gasteiger partial charge in [0.25, 0.3) is 0 Å². The SMILES string of the molecule is c1ccc(C2Oc3ccccc3S2)cc1. The van der Waals surface area contributed by atoms with Gasteiger partial charge in [0.2, 0.25) is 0 Å². The van der Waals surface area contributed by atoms with Gasteiger partial charge in [-0.05, 0) is 12.1 Å². The van der Waals surface area contributed by atoms with E-state index < -0.39 is 0 Å². The van der Waals surface area contributed by atoms with E-state index in [1.165, 1.54) is 10.5 Å². The maximum atomic E-state index is 5.86. The summed E-state index contributed by atoms with van der Waals surface area (Å²) in [7, 11) is 0. The zero-order valence-electron chi connectivity index (χ0n) is 8.09. The van der Waals surface area contributed by atoms with Crippen molar-refractivity contribution < 1.29 is 4.74 Å². The molecule has 2 heteroatoms. The van der Waals surface area contributed by atoms with Crippen molar-refractivity contribution in [3.63, 3.8) is 0 Å². The van der Waals surface area contributed by atoms with Gasteiger partial charge < -0.3 is 4.74 Å². The first-order valence-electron chi connectivity index (χ1n) is 4.91. The molecule has 0 bridgehead atoms. The van der Waals surface area contributed by atoms with Crippen molar-refractivity contribution >= 4 is 11.8 Å². The second-order valence-electron chi connectivity index (χ2n) is 3.43. The zero-order chi connectivity index (χ0) is 10.1. The molecule has 1 atom stereocenters. The van der Waals surface area contributed by atoms with Crippen molar-refractivity contribution in [3.8, 4) is 5.75 Å². The van der Waals surface area contributed by atoms with Gasteiger partial charge >= 0.3 is 0 Å². The number of ether oxygens (including phenoxy) is 1. The van der Waals surface area contributed by atoms with Crippen molar-refractivity contribution in [1.82, 2.24) is 0 Å². The van der Waals surface area contributed by atoms with E-state index in [1.807, 2.05) is 36.4 Å². The molecular formula is C13H10OS. The van der Waals surface area contributed by atoms with Crippen molar-refractivity contribution in [1.29, 1.82) is 0 Å². The molecule has 0 saturated heterocycles. The van der Waals surface area contributed by atoms with Gasteiger partial charge in [-0.2, -0.15) is 0 Å². The van der Waals surface area contributed by atoms with Crippen LogP contribution in [0.15, 0.2) is 59.5 Å². The Kier molecular flexibility index (Phi) is 2.14. The van der Waals surface area contributed by atoms with Crippen LogP contribution < -0.4 is 4.74 Å². The van der Waals surface area contributed by atoms with Crippen LogP contribution in [0.5, 0.6) is 5.75 Å². The number of rotatable bonds is 1. The first-order chi connectivity index (χ1) is 7.43. The summed E-state index contributed by atoms with van der Waals surface area (Å²) in [4.78, 5) is 1.23. The van der Waals surface area contributed by atoms with Crippen LogP contribution in [0.3, 0.4) is 0 Å². The summed E-state index contributed by atoms with van der Waals surface area (Å²) in [6.07, 6.45) is 0. The minimum absolute atomic E-state index is 0.114. The Morgan fingerprint density at radius 3 is 2.40 bits per heavy atom. The molecule has 1 unspecified atom stereocenters. The predicted octanol–water partition coefficient (Wildman–Crippen LogP) is 3.87. The van der Waals surface area contributed by atoms with E-state index in [-0.39, 0.29) is 5.44 Å². The molecular weight excluding hydrogens is 204 g/mol. The average molecular weight is 214 g/mol. The Morgan fingerprint density at radius 2 is 1.60 bits per heavy atom. The molecule has 1 aliphatic rings. The highest BCUT2D eigenvalue weighted by atomic mass is 32.2. The molecule has 1 nitrogen and oxygen atoms in total. The highest BCUT2D eigenvalue weighted by molar-refractivity contribution is 7.99. The lowest BCUT2D eigenvalue weighted by atomic mass is 10.2. The molecule has 0 radical (unpaired) electrons. The van der Waals surface area contributed by atoms with Crippen LogP contribution in [0.25, 0.3) is 0 Å². The topological polar surface area (TPSA) is 9.23 Å². The predicted molar refractivity (Wildman–Crippen MR) is 62.1 cm³/mol. The Hall–Kier alpha value is -1.41. The highest BCUT2D eigenvalue weighted by Crippen LogP contribution is 2.47. The van der Waals surface area contributed by atoms with Crippen molar-refractivity contribution in [2.75, 3.05) is 0 Å². The summed E-state index contributed by atoms with van der Waals surface area (Å²) in [5.41, 5.74) is 1.34. The Labute approximate surface area is 93.1 Å². The van der Waals surface area contributed by atoms with Crippen molar-refractivity contribution in [2.24, 2.45) is 0 Å². The van der Waals surface area contributed by atoms with Gasteiger partial charge in [-0.1, -0.05) is 54.2 Å². The molecule has 2 aromatic carbocycles. The molecule has 0 N–H and O–H groups in total. The third-order valence-corrected chi connectivity index (χ3v) is 3.56. The van der Waals surface area contributed by atoms with Gasteiger partial charge in [0.15, 0.2) is 5.44 Å². The van der Waals surface area contributed by atoms with Gasteiger partial charge in [0.05, 0.1) is 4.90 Å². The highest BCUT2D eigenvalue weighted by Gasteiger charge is 2.24. The van der Waals surface area contributed by atoms with Gasteiger partial charge in [-0.25, -0.2) is 0 Å². The van der Waals surface area contributed by atoms with Gasteiger partial charge in [0.1, 0.15) is 5.75 Å². The summed E-state index contributed by atoms with van der Waals surface area (Å²) >= 11 is 1.77. The number of hydrogen-bond donors (Lipinski definition) is 0. The lowest BCUT2D eigenvalue weighted by Crippen LogP contribution is -1.96. The molecule has 0 aliphatic carbocycles. The number of fused-ring (bicyclic) bond motifs is 1. The first kappa shape index (κ1) is 8.86. The molecule has 0 fully saturated rings. The molecule has 15 heavy (non-hydrogen) atoms. The van der Waals surface area contributed by atoms with Crippen LogP contribution in [0.1, 0.15) is 11.0 Å². The van der Waals surface area contributed by atoms with Crippen LogP contribution in [-0.2, 0) is 0 Å². The van der Waals surface area contributed by atoms with Crippen molar-refractivity contribution in [3.05, 3.63) is 60.2 Å². The van der Waals surface area contributed by atoms with E-state index in [4.69, 9.17) is 4.74 Å². The Morgan fingerprint density at radius 1 is 0.867 bits per heavy atom. The summed E-state index contributed by atoms with van der Waals surface area (Å²) in [6.45, 7) is 0. The fourth-order valence-corrected chi connectivity index (χ4v) is 2.71. The number of benzene rings is 2. The Balaban J connectivity index is 1.91. The molecule has 1 heterocycles. The second-order valence-corrected chi connectivity index (χ2v) is 4.53. The number of hydrogen-bond acceptors (Lipinski definition) is 2. The molecule has 3 rings (SSSR count). The van der Waals surface area contributed by atoms with Crippen LogP contribution in [0.2, 0.25) is 0 Å². The van der Waals surface area contributed by atoms with E-state index >= 15 is 0 Å². The second kappa shape index (κ2) is 3.63. The molecule has 0 spiro atoms. The lowest BCUT2D eigenvalue weighted by molar-refractivity contribution is 0.302. The number of para-hydroxylation sites is 1. The van der Waals surface area contributed by atoms with Crippen molar-refractivity contribution in [2.45, 2.75) is 10.3 Å². The molecule has 2 aromatic rings. The molecule has 0 saturated carbocycles. The molecule has 0 aromatic heterocycles. The van der Waals surface area contributed by atoms with E-state index in [1.54, 1.807) is 11.8 Å². The maximum Gasteiger partial charge on any atom is 0.174 e. The molecule has 0 amide bonds. The minimum Gasteiger partial charge on any atom is -0.473 e. The number of thioether (sulfide) groups is 1. The van der Waals surface area contributed by atoms with E-state index in [0.717, 1.165) is 5.75 Å². The van der Waals surface area contributed by atoms with Crippen LogP contribution in [-0.4, -0.2) is 0 Å². The summed E-state index contributed by atoms with van der Waals surface area (Å²) in [5.74, 6) is 0.997. The fraction of sp³-hybridized carbons (Fsp3) is 0.0769. The van der Waals surface area contributed by atoms with E-state index in [2.05, 4.69) is 18.2 Å². The van der Waals surface area contributed by atoms with E-state index in [0.29, 0.717) is 0 Å². The fourth-order valence-electron chi connectivity index (χ4n) is 1.65. The summed E-state index contributed by atoms with van der Waals surface area (Å²) < 4.78 is 5.86. The molecule has 1 aliphatic heterocycles. The maximum absolute atomic E-state index is 5.86. The lowest BCUT2D eigenvalue weighted by Gasteiger charge is -2.08. The Bertz CT molecular complexity index is 442. The quantitative estimate of drug-likeness (QED) is 0.712. The van der Waals surface area contributed by atoms with E-state index in [9.17, 15) is 0 Å². The third-order valence-electron chi connectivity index (χ3n) is 2.39. The first-order valence-corrected chi connectivity index (χ1v) is 5.79. The van der Waals surface area contributed by atoms with Gasteiger partial charge in [-0.3, -0.25) is 0 Å². The third kappa shape index (κ3) is 1.61. The van der Waals surface area contributed by atoms with Crippen LogP contribution in [0.4, 0.5) is 0 Å². The zero-order valence-corrected chi connectivity index (χ0v) is 8.91. The average Bonchev–Trinajstić information content (AvgIpc) is 2.74. The summed E-state index contributed by atoms with van der Waals surface area (Å²) in [6, 6.07) is 18.5. The minimum atomic E-state index is 0.114. The summed E-state index contributed by atoms with van der Waals surface area (Å²) in [5, 5.41) is 0. The smallest absolute Gasteiger partial charge is 0.174 e. The van der Waals surface area contributed by atoms with Crippen LogP contribution >= 0.6 is 11.8 Å². The standard InChI is InChI=1S/C13H10OS/c1-2-6-10(7-3-1)13-14-11-8-4-5-9-12(11)15-13/h1-9,13H. The van der Waals surface area contributed by atoms with Gasteiger partial charge in [-0.15, -0.1) is 0 Å². The normalized spacial score (nSPS) is 18.3. The monoisotopic (exact) mass is 214 g/mol. The molecule has 74 valence electrons. The van der Waals surface area contributed by atoms with Gasteiger partial charge in [0, 0.05) is 5.56 Å². The largest absolute Gasteiger partial charge is 0.473 e.